The van der Waals surface area contributed by atoms with Gasteiger partial charge < -0.3 is 10.4 Å². The molecule has 2 rings (SSSR count). The predicted molar refractivity (Wildman–Crippen MR) is 66.1 cm³/mol. The Labute approximate surface area is 109 Å². The van der Waals surface area contributed by atoms with Crippen LogP contribution in [0.4, 0.5) is 0 Å². The van der Waals surface area contributed by atoms with E-state index < -0.39 is 11.9 Å². The summed E-state index contributed by atoms with van der Waals surface area (Å²) in [4.78, 5) is 34.2. The lowest BCUT2D eigenvalue weighted by atomic mass is 10.1. The smallest absolute Gasteiger partial charge is 0.249 e. The van der Waals surface area contributed by atoms with Gasteiger partial charge in [0, 0.05) is 12.0 Å². The fourth-order valence-corrected chi connectivity index (χ4v) is 1.91. The van der Waals surface area contributed by atoms with Crippen molar-refractivity contribution in [1.29, 1.82) is 0 Å². The molecule has 19 heavy (non-hydrogen) atoms. The number of carbonyl (C=O) groups is 3. The van der Waals surface area contributed by atoms with Crippen LogP contribution in [0, 0.1) is 0 Å². The van der Waals surface area contributed by atoms with E-state index in [0.717, 1.165) is 0 Å². The quantitative estimate of drug-likeness (QED) is 0.660. The summed E-state index contributed by atoms with van der Waals surface area (Å²) in [6, 6.07) is 5.83. The molecule has 0 aliphatic carbocycles. The van der Waals surface area contributed by atoms with Crippen LogP contribution in [0.2, 0.25) is 0 Å². The summed E-state index contributed by atoms with van der Waals surface area (Å²) in [5, 5.41) is 14.3. The van der Waals surface area contributed by atoms with E-state index in [1.54, 1.807) is 18.2 Å². The number of nitrogens with one attached hydrogen (secondary N) is 2. The molecule has 100 valence electrons. The first kappa shape index (κ1) is 13.1. The van der Waals surface area contributed by atoms with E-state index in [1.807, 2.05) is 0 Å². The van der Waals surface area contributed by atoms with Crippen LogP contribution in [0.3, 0.4) is 0 Å². The highest BCUT2D eigenvalue weighted by Gasteiger charge is 2.27. The molecule has 6 heteroatoms. The van der Waals surface area contributed by atoms with E-state index in [1.165, 1.54) is 6.07 Å². The lowest BCUT2D eigenvalue weighted by Gasteiger charge is -2.21. The molecule has 3 N–H and O–H groups in total. The van der Waals surface area contributed by atoms with Crippen LogP contribution >= 0.6 is 0 Å². The summed E-state index contributed by atoms with van der Waals surface area (Å²) in [5.41, 5.74) is 0.493. The van der Waals surface area contributed by atoms with Gasteiger partial charge in [-0.3, -0.25) is 19.7 Å². The highest BCUT2D eigenvalue weighted by atomic mass is 16.3. The number of aromatic hydroxyl groups is 1. The van der Waals surface area contributed by atoms with Crippen LogP contribution in [0.25, 0.3) is 0 Å². The van der Waals surface area contributed by atoms with Crippen LogP contribution in [0.15, 0.2) is 24.3 Å². The zero-order chi connectivity index (χ0) is 13.8. The Hall–Kier alpha value is -2.37. The second-order valence-electron chi connectivity index (χ2n) is 4.38. The lowest BCUT2D eigenvalue weighted by molar-refractivity contribution is -0.137. The minimum absolute atomic E-state index is 0.00952. The Morgan fingerprint density at radius 2 is 2.11 bits per heavy atom. The molecule has 1 aliphatic heterocycles. The fraction of sp³-hybridized carbons (Fsp3) is 0.308. The summed E-state index contributed by atoms with van der Waals surface area (Å²) in [5.74, 6) is -1.13. The maximum Gasteiger partial charge on any atom is 0.249 e. The lowest BCUT2D eigenvalue weighted by Crippen LogP contribution is -2.52. The maximum absolute atomic E-state index is 11.8. The van der Waals surface area contributed by atoms with Gasteiger partial charge in [0.05, 0.1) is 6.42 Å². The molecule has 1 fully saturated rings. The van der Waals surface area contributed by atoms with Crippen molar-refractivity contribution >= 4 is 17.7 Å². The van der Waals surface area contributed by atoms with Gasteiger partial charge in [-0.25, -0.2) is 0 Å². The van der Waals surface area contributed by atoms with Crippen molar-refractivity contribution < 1.29 is 19.5 Å². The second kappa shape index (κ2) is 5.51. The van der Waals surface area contributed by atoms with E-state index in [4.69, 9.17) is 0 Å². The highest BCUT2D eigenvalue weighted by Crippen LogP contribution is 2.16. The molecule has 3 amide bonds. The van der Waals surface area contributed by atoms with Crippen molar-refractivity contribution in [3.8, 4) is 5.75 Å². The summed E-state index contributed by atoms with van der Waals surface area (Å²) < 4.78 is 0. The standard InChI is InChI=1S/C13H14N2O4/c16-10-4-2-1-3-8(10)7-12(18)14-9-5-6-11(17)15-13(9)19/h1-4,9,16H,5-7H2,(H,14,18)(H,15,17,19). The molecular weight excluding hydrogens is 248 g/mol. The van der Waals surface area contributed by atoms with Gasteiger partial charge in [-0.05, 0) is 12.5 Å². The Bertz CT molecular complexity index is 527. The Morgan fingerprint density at radius 3 is 2.79 bits per heavy atom. The molecule has 1 atom stereocenters. The number of hydrogen-bond donors (Lipinski definition) is 3. The molecule has 1 heterocycles. The van der Waals surface area contributed by atoms with Gasteiger partial charge in [0.15, 0.2) is 0 Å². The first-order valence-corrected chi connectivity index (χ1v) is 5.96. The number of carbonyl (C=O) groups excluding carboxylic acids is 3. The maximum atomic E-state index is 11.8. The van der Waals surface area contributed by atoms with Gasteiger partial charge in [0.2, 0.25) is 17.7 Å². The number of para-hydroxylation sites is 1. The Balaban J connectivity index is 1.93. The molecule has 0 aromatic heterocycles. The molecule has 1 unspecified atom stereocenters. The third-order valence-corrected chi connectivity index (χ3v) is 2.92. The molecule has 1 aliphatic rings. The first-order chi connectivity index (χ1) is 9.06. The average Bonchev–Trinajstić information content (AvgIpc) is 2.36. The number of phenolic OH excluding ortho intramolecular Hbond substituents is 1. The summed E-state index contributed by atoms with van der Waals surface area (Å²) in [7, 11) is 0. The second-order valence-corrected chi connectivity index (χ2v) is 4.38. The van der Waals surface area contributed by atoms with Crippen molar-refractivity contribution in [3.05, 3.63) is 29.8 Å². The van der Waals surface area contributed by atoms with Gasteiger partial charge in [-0.2, -0.15) is 0 Å². The number of amides is 3. The predicted octanol–water partition coefficient (Wildman–Crippen LogP) is -0.144. The molecular formula is C13H14N2O4. The van der Waals surface area contributed by atoms with Gasteiger partial charge in [0.1, 0.15) is 11.8 Å². The van der Waals surface area contributed by atoms with E-state index in [2.05, 4.69) is 10.6 Å². The number of benzene rings is 1. The monoisotopic (exact) mass is 262 g/mol. The van der Waals surface area contributed by atoms with Gasteiger partial charge in [-0.1, -0.05) is 18.2 Å². The number of piperidine rings is 1. The molecule has 0 radical (unpaired) electrons. The van der Waals surface area contributed by atoms with Crippen LogP contribution in [-0.4, -0.2) is 28.9 Å². The average molecular weight is 262 g/mol. The highest BCUT2D eigenvalue weighted by molar-refractivity contribution is 6.01. The SMILES string of the molecule is O=C1CCC(NC(=O)Cc2ccccc2O)C(=O)N1. The third kappa shape index (κ3) is 3.31. The zero-order valence-electron chi connectivity index (χ0n) is 10.2. The van der Waals surface area contributed by atoms with Crippen LogP contribution < -0.4 is 10.6 Å². The van der Waals surface area contributed by atoms with Gasteiger partial charge >= 0.3 is 0 Å². The molecule has 1 aromatic carbocycles. The first-order valence-electron chi connectivity index (χ1n) is 5.96. The Kier molecular flexibility index (Phi) is 3.79. The summed E-state index contributed by atoms with van der Waals surface area (Å²) in [6.45, 7) is 0. The third-order valence-electron chi connectivity index (χ3n) is 2.92. The van der Waals surface area contributed by atoms with Crippen molar-refractivity contribution in [3.63, 3.8) is 0 Å². The van der Waals surface area contributed by atoms with Crippen LogP contribution in [-0.2, 0) is 20.8 Å². The van der Waals surface area contributed by atoms with Gasteiger partial charge in [-0.15, -0.1) is 0 Å². The van der Waals surface area contributed by atoms with Crippen molar-refractivity contribution in [2.75, 3.05) is 0 Å². The summed E-state index contributed by atoms with van der Waals surface area (Å²) >= 11 is 0. The van der Waals surface area contributed by atoms with Crippen LogP contribution in [0.5, 0.6) is 5.75 Å². The molecule has 1 saturated heterocycles. The fourth-order valence-electron chi connectivity index (χ4n) is 1.91. The minimum atomic E-state index is -0.684. The Morgan fingerprint density at radius 1 is 1.37 bits per heavy atom. The van der Waals surface area contributed by atoms with Crippen molar-refractivity contribution in [2.45, 2.75) is 25.3 Å². The zero-order valence-corrected chi connectivity index (χ0v) is 10.2. The van der Waals surface area contributed by atoms with E-state index in [-0.39, 0.29) is 30.4 Å². The number of phenols is 1. The van der Waals surface area contributed by atoms with Crippen molar-refractivity contribution in [1.82, 2.24) is 10.6 Å². The molecule has 1 aromatic rings. The van der Waals surface area contributed by atoms with E-state index >= 15 is 0 Å². The van der Waals surface area contributed by atoms with Crippen LogP contribution in [0.1, 0.15) is 18.4 Å². The number of imide groups is 1. The normalized spacial score (nSPS) is 18.8. The molecule has 0 bridgehead atoms. The topological polar surface area (TPSA) is 95.5 Å². The number of hydrogen-bond acceptors (Lipinski definition) is 4. The summed E-state index contributed by atoms with van der Waals surface area (Å²) in [6.07, 6.45) is 0.509. The molecule has 0 saturated carbocycles. The van der Waals surface area contributed by atoms with E-state index in [0.29, 0.717) is 12.0 Å². The van der Waals surface area contributed by atoms with Gasteiger partial charge in [0.25, 0.3) is 0 Å². The molecule has 0 spiro atoms. The number of rotatable bonds is 3. The molecule has 6 nitrogen and oxygen atoms in total. The minimum Gasteiger partial charge on any atom is -0.508 e. The van der Waals surface area contributed by atoms with Crippen molar-refractivity contribution in [2.24, 2.45) is 0 Å². The largest absolute Gasteiger partial charge is 0.508 e. The van der Waals surface area contributed by atoms with E-state index in [9.17, 15) is 19.5 Å².